The molecule has 5 nitrogen and oxygen atoms in total. The normalized spacial score (nSPS) is 11.6. The molecule has 1 aromatic heterocycles. The maximum Gasteiger partial charge on any atom is 0.411 e. The average Bonchev–Trinajstić information content (AvgIpc) is 2.63. The third-order valence-electron chi connectivity index (χ3n) is 3.40. The quantitative estimate of drug-likeness (QED) is 0.351. The first-order valence-electron chi connectivity index (χ1n) is 8.03. The van der Waals surface area contributed by atoms with Gasteiger partial charge in [-0.1, -0.05) is 30.3 Å². The summed E-state index contributed by atoms with van der Waals surface area (Å²) in [5.74, 6) is 0.633. The number of alkyl halides is 3. The molecule has 0 radical (unpaired) electrons. The lowest BCUT2D eigenvalue weighted by atomic mass is 10.1. The van der Waals surface area contributed by atoms with E-state index in [4.69, 9.17) is 0 Å². The van der Waals surface area contributed by atoms with Gasteiger partial charge in [0.2, 0.25) is 0 Å². The molecule has 9 heteroatoms. The van der Waals surface area contributed by atoms with Crippen molar-refractivity contribution < 1.29 is 17.9 Å². The van der Waals surface area contributed by atoms with Crippen molar-refractivity contribution in [2.75, 3.05) is 13.7 Å². The number of aromatic nitrogens is 1. The zero-order valence-electron chi connectivity index (χ0n) is 14.8. The number of hydrogen-bond acceptors (Lipinski definition) is 3. The summed E-state index contributed by atoms with van der Waals surface area (Å²) in [6.07, 6.45) is -2.57. The monoisotopic (exact) mass is 494 g/mol. The first-order chi connectivity index (χ1) is 12.5. The average molecular weight is 494 g/mol. The summed E-state index contributed by atoms with van der Waals surface area (Å²) in [5.41, 5.74) is 2.57. The molecular formula is C18H22F3IN4O. The molecule has 0 bridgehead atoms. The summed E-state index contributed by atoms with van der Waals surface area (Å²) >= 11 is 0. The van der Waals surface area contributed by atoms with Gasteiger partial charge in [-0.05, 0) is 23.3 Å². The van der Waals surface area contributed by atoms with Crippen LogP contribution in [0.4, 0.5) is 13.2 Å². The van der Waals surface area contributed by atoms with Gasteiger partial charge in [-0.3, -0.25) is 9.98 Å². The standard InChI is InChI=1S/C18H21F3N4O.HI/c1-22-17(25-11-16-4-2-3-9-23-16)24-10-14-5-7-15(8-6-14)12-26-13-18(19,20)21;/h2-9H,10-13H2,1H3,(H2,22,24,25);1H. The number of guanidine groups is 1. The Bertz CT molecular complexity index is 694. The summed E-state index contributed by atoms with van der Waals surface area (Å²) in [6, 6.07) is 12.9. The van der Waals surface area contributed by atoms with Crippen molar-refractivity contribution in [3.8, 4) is 0 Å². The van der Waals surface area contributed by atoms with E-state index < -0.39 is 12.8 Å². The number of nitrogens with one attached hydrogen (secondary N) is 2. The highest BCUT2D eigenvalue weighted by atomic mass is 127. The Labute approximate surface area is 173 Å². The van der Waals surface area contributed by atoms with E-state index >= 15 is 0 Å². The van der Waals surface area contributed by atoms with Crippen molar-refractivity contribution in [1.29, 1.82) is 0 Å². The second kappa shape index (κ2) is 11.8. The Balaban J connectivity index is 0.00000364. The van der Waals surface area contributed by atoms with Crippen molar-refractivity contribution >= 4 is 29.9 Å². The number of benzene rings is 1. The number of ether oxygens (including phenoxy) is 1. The van der Waals surface area contributed by atoms with Crippen LogP contribution in [-0.2, 0) is 24.4 Å². The zero-order chi connectivity index (χ0) is 18.8. The van der Waals surface area contributed by atoms with Gasteiger partial charge >= 0.3 is 6.18 Å². The van der Waals surface area contributed by atoms with E-state index in [2.05, 4.69) is 25.3 Å². The van der Waals surface area contributed by atoms with Crippen LogP contribution < -0.4 is 10.6 Å². The number of hydrogen-bond donors (Lipinski definition) is 2. The Morgan fingerprint density at radius 3 is 2.30 bits per heavy atom. The smallest absolute Gasteiger partial charge is 0.367 e. The molecule has 1 aromatic carbocycles. The van der Waals surface area contributed by atoms with Crippen LogP contribution in [0.3, 0.4) is 0 Å². The van der Waals surface area contributed by atoms with Gasteiger partial charge in [-0.2, -0.15) is 13.2 Å². The highest BCUT2D eigenvalue weighted by Crippen LogP contribution is 2.15. The molecule has 0 spiro atoms. The number of nitrogens with zero attached hydrogens (tertiary/aromatic N) is 2. The molecule has 0 amide bonds. The minimum absolute atomic E-state index is 0. The topological polar surface area (TPSA) is 58.5 Å². The van der Waals surface area contributed by atoms with E-state index in [0.29, 0.717) is 24.6 Å². The molecular weight excluding hydrogens is 472 g/mol. The molecule has 2 N–H and O–H groups in total. The van der Waals surface area contributed by atoms with Crippen LogP contribution in [0, 0.1) is 0 Å². The number of halogens is 4. The van der Waals surface area contributed by atoms with Gasteiger partial charge in [0.25, 0.3) is 0 Å². The van der Waals surface area contributed by atoms with Gasteiger partial charge < -0.3 is 15.4 Å². The van der Waals surface area contributed by atoms with Gasteiger partial charge in [0, 0.05) is 19.8 Å². The first-order valence-corrected chi connectivity index (χ1v) is 8.03. The van der Waals surface area contributed by atoms with Crippen LogP contribution in [0.2, 0.25) is 0 Å². The maximum absolute atomic E-state index is 12.0. The Morgan fingerprint density at radius 1 is 1.04 bits per heavy atom. The van der Waals surface area contributed by atoms with Crippen LogP contribution in [-0.4, -0.2) is 30.8 Å². The number of aliphatic imine (C=N–C) groups is 1. The Kier molecular flexibility index (Phi) is 10.1. The van der Waals surface area contributed by atoms with Crippen molar-refractivity contribution in [1.82, 2.24) is 15.6 Å². The summed E-state index contributed by atoms with van der Waals surface area (Å²) in [5, 5.41) is 6.33. The minimum Gasteiger partial charge on any atom is -0.367 e. The number of rotatable bonds is 7. The summed E-state index contributed by atoms with van der Waals surface area (Å²) in [4.78, 5) is 8.36. The van der Waals surface area contributed by atoms with Crippen molar-refractivity contribution in [3.63, 3.8) is 0 Å². The molecule has 0 unspecified atom stereocenters. The SMILES string of the molecule is CN=C(NCc1ccc(COCC(F)(F)F)cc1)NCc1ccccn1.I. The lowest BCUT2D eigenvalue weighted by Gasteiger charge is -2.12. The van der Waals surface area contributed by atoms with E-state index in [9.17, 15) is 13.2 Å². The highest BCUT2D eigenvalue weighted by Gasteiger charge is 2.27. The Hall–Kier alpha value is -1.88. The van der Waals surface area contributed by atoms with Crippen LogP contribution in [0.5, 0.6) is 0 Å². The molecule has 0 atom stereocenters. The predicted octanol–water partition coefficient (Wildman–Crippen LogP) is 3.64. The largest absolute Gasteiger partial charge is 0.411 e. The van der Waals surface area contributed by atoms with E-state index in [0.717, 1.165) is 11.3 Å². The molecule has 27 heavy (non-hydrogen) atoms. The molecule has 1 heterocycles. The predicted molar refractivity (Wildman–Crippen MR) is 109 cm³/mol. The van der Waals surface area contributed by atoms with Crippen LogP contribution in [0.1, 0.15) is 16.8 Å². The van der Waals surface area contributed by atoms with Crippen molar-refractivity contribution in [2.24, 2.45) is 4.99 Å². The molecule has 2 aromatic rings. The molecule has 0 aliphatic heterocycles. The van der Waals surface area contributed by atoms with Crippen LogP contribution in [0.15, 0.2) is 53.7 Å². The van der Waals surface area contributed by atoms with E-state index in [-0.39, 0.29) is 30.6 Å². The summed E-state index contributed by atoms with van der Waals surface area (Å²) in [6.45, 7) is -0.226. The third kappa shape index (κ3) is 9.57. The van der Waals surface area contributed by atoms with E-state index in [1.807, 2.05) is 30.3 Å². The fourth-order valence-electron chi connectivity index (χ4n) is 2.12. The Morgan fingerprint density at radius 2 is 1.70 bits per heavy atom. The second-order valence-corrected chi connectivity index (χ2v) is 5.52. The van der Waals surface area contributed by atoms with Crippen LogP contribution in [0.25, 0.3) is 0 Å². The summed E-state index contributed by atoms with van der Waals surface area (Å²) in [7, 11) is 1.68. The molecule has 148 valence electrons. The van der Waals surface area contributed by atoms with Crippen LogP contribution >= 0.6 is 24.0 Å². The van der Waals surface area contributed by atoms with Gasteiger partial charge in [-0.15, -0.1) is 24.0 Å². The summed E-state index contributed by atoms with van der Waals surface area (Å²) < 4.78 is 40.8. The molecule has 0 aliphatic rings. The lowest BCUT2D eigenvalue weighted by molar-refractivity contribution is -0.176. The molecule has 2 rings (SSSR count). The van der Waals surface area contributed by atoms with E-state index in [1.165, 1.54) is 0 Å². The van der Waals surface area contributed by atoms with Crippen molar-refractivity contribution in [3.05, 3.63) is 65.5 Å². The first kappa shape index (κ1) is 23.2. The van der Waals surface area contributed by atoms with Gasteiger partial charge in [0.1, 0.15) is 6.61 Å². The fraction of sp³-hybridized carbons (Fsp3) is 0.333. The molecule has 0 saturated heterocycles. The highest BCUT2D eigenvalue weighted by molar-refractivity contribution is 14.0. The fourth-order valence-corrected chi connectivity index (χ4v) is 2.12. The zero-order valence-corrected chi connectivity index (χ0v) is 17.1. The minimum atomic E-state index is -4.30. The number of pyridine rings is 1. The molecule has 0 saturated carbocycles. The van der Waals surface area contributed by atoms with Gasteiger partial charge in [-0.25, -0.2) is 0 Å². The van der Waals surface area contributed by atoms with Gasteiger partial charge in [0.05, 0.1) is 18.8 Å². The van der Waals surface area contributed by atoms with Crippen molar-refractivity contribution in [2.45, 2.75) is 25.9 Å². The second-order valence-electron chi connectivity index (χ2n) is 5.52. The molecule has 0 aliphatic carbocycles. The molecule has 0 fully saturated rings. The van der Waals surface area contributed by atoms with Gasteiger partial charge in [0.15, 0.2) is 5.96 Å². The van der Waals surface area contributed by atoms with E-state index in [1.54, 1.807) is 25.4 Å². The maximum atomic E-state index is 12.0. The third-order valence-corrected chi connectivity index (χ3v) is 3.40. The lowest BCUT2D eigenvalue weighted by Crippen LogP contribution is -2.36.